The maximum atomic E-state index is 10.8. The van der Waals surface area contributed by atoms with Crippen molar-refractivity contribution in [3.8, 4) is 0 Å². The van der Waals surface area contributed by atoms with Crippen LogP contribution in [0.15, 0.2) is 11.2 Å². The van der Waals surface area contributed by atoms with E-state index in [4.69, 9.17) is 0 Å². The molecule has 7 heteroatoms. The summed E-state index contributed by atoms with van der Waals surface area (Å²) in [6.07, 6.45) is 2.76. The molecule has 0 unspecified atom stereocenters. The minimum Gasteiger partial charge on any atom is -0.288 e. The second-order valence-corrected chi connectivity index (χ2v) is 4.35. The Bertz CT molecular complexity index is 448. The van der Waals surface area contributed by atoms with Gasteiger partial charge in [0.1, 0.15) is 5.01 Å². The van der Waals surface area contributed by atoms with E-state index < -0.39 is 11.8 Å². The average Bonchev–Trinajstić information content (AvgIpc) is 2.84. The predicted molar refractivity (Wildman–Crippen MR) is 58.9 cm³/mol. The van der Waals surface area contributed by atoms with Gasteiger partial charge in [-0.3, -0.25) is 20.2 Å². The van der Waals surface area contributed by atoms with E-state index in [2.05, 4.69) is 27.5 Å². The third kappa shape index (κ3) is 2.25. The largest absolute Gasteiger partial charge is 0.316 e. The van der Waals surface area contributed by atoms with Crippen molar-refractivity contribution in [2.24, 2.45) is 4.99 Å². The summed E-state index contributed by atoms with van der Waals surface area (Å²) in [6.45, 7) is 2.42. The highest BCUT2D eigenvalue weighted by Gasteiger charge is 2.24. The van der Waals surface area contributed by atoms with E-state index in [-0.39, 0.29) is 5.96 Å². The molecule has 0 bridgehead atoms. The first kappa shape index (κ1) is 10.7. The maximum absolute atomic E-state index is 10.8. The number of aliphatic imine (C=N–C) groups is 1. The summed E-state index contributed by atoms with van der Waals surface area (Å²) in [5, 5.41) is 5.50. The molecule has 2 amide bonds. The maximum Gasteiger partial charge on any atom is 0.316 e. The number of nitrogens with zero attached hydrogens (tertiary/aromatic N) is 2. The predicted octanol–water partition coefficient (Wildman–Crippen LogP) is -0.193. The quantitative estimate of drug-likeness (QED) is 0.716. The standard InChI is InChI=1S/C9H10N4O2S/c1-2-5-3-10-6(16-5)4-11-9-12-7(14)8(15)13-9/h3H,2,4H2,1H3,(H2,11,12,13,14,15). The minimum atomic E-state index is -0.674. The molecule has 1 saturated heterocycles. The molecule has 0 aliphatic carbocycles. The molecule has 84 valence electrons. The third-order valence-corrected chi connectivity index (χ3v) is 3.12. The topological polar surface area (TPSA) is 83.5 Å². The number of amides is 2. The number of thiazole rings is 1. The fourth-order valence-electron chi connectivity index (χ4n) is 1.17. The first-order valence-corrected chi connectivity index (χ1v) is 5.61. The monoisotopic (exact) mass is 238 g/mol. The molecule has 0 aromatic carbocycles. The number of hydrogen-bond acceptors (Lipinski definition) is 5. The van der Waals surface area contributed by atoms with Crippen molar-refractivity contribution in [1.82, 2.24) is 15.6 Å². The van der Waals surface area contributed by atoms with E-state index in [1.54, 1.807) is 11.3 Å². The number of aryl methyl sites for hydroxylation is 1. The highest BCUT2D eigenvalue weighted by molar-refractivity contribution is 7.11. The van der Waals surface area contributed by atoms with Crippen LogP contribution in [0.3, 0.4) is 0 Å². The molecule has 6 nitrogen and oxygen atoms in total. The van der Waals surface area contributed by atoms with Crippen molar-refractivity contribution in [3.63, 3.8) is 0 Å². The van der Waals surface area contributed by atoms with Gasteiger partial charge in [-0.15, -0.1) is 11.3 Å². The zero-order valence-electron chi connectivity index (χ0n) is 8.61. The fourth-order valence-corrected chi connectivity index (χ4v) is 1.96. The highest BCUT2D eigenvalue weighted by atomic mass is 32.1. The van der Waals surface area contributed by atoms with Gasteiger partial charge in [0, 0.05) is 11.1 Å². The molecule has 2 rings (SSSR count). The number of carbonyl (C=O) groups is 2. The molecule has 2 heterocycles. The van der Waals surface area contributed by atoms with Gasteiger partial charge < -0.3 is 0 Å². The first-order chi connectivity index (χ1) is 7.69. The lowest BCUT2D eigenvalue weighted by Gasteiger charge is -1.93. The summed E-state index contributed by atoms with van der Waals surface area (Å²) in [4.78, 5) is 31.1. The van der Waals surface area contributed by atoms with Gasteiger partial charge in [0.15, 0.2) is 0 Å². The number of rotatable bonds is 3. The number of carbonyl (C=O) groups excluding carboxylic acids is 2. The molecule has 16 heavy (non-hydrogen) atoms. The van der Waals surface area contributed by atoms with E-state index in [0.29, 0.717) is 6.54 Å². The Kier molecular flexibility index (Phi) is 2.95. The van der Waals surface area contributed by atoms with Crippen LogP contribution < -0.4 is 10.6 Å². The number of nitrogens with one attached hydrogen (secondary N) is 2. The van der Waals surface area contributed by atoms with Gasteiger partial charge in [0.25, 0.3) is 0 Å². The van der Waals surface area contributed by atoms with Crippen LogP contribution in [0.5, 0.6) is 0 Å². The van der Waals surface area contributed by atoms with Crippen molar-refractivity contribution in [2.45, 2.75) is 19.9 Å². The summed E-state index contributed by atoms with van der Waals surface area (Å²) in [7, 11) is 0. The van der Waals surface area contributed by atoms with Crippen LogP contribution in [0, 0.1) is 0 Å². The lowest BCUT2D eigenvalue weighted by Crippen LogP contribution is -2.25. The van der Waals surface area contributed by atoms with Gasteiger partial charge in [-0.25, -0.2) is 9.98 Å². The van der Waals surface area contributed by atoms with E-state index >= 15 is 0 Å². The summed E-state index contributed by atoms with van der Waals surface area (Å²) in [6, 6.07) is 0. The average molecular weight is 238 g/mol. The molecular formula is C9H10N4O2S. The number of hydrogen-bond donors (Lipinski definition) is 2. The smallest absolute Gasteiger partial charge is 0.288 e. The van der Waals surface area contributed by atoms with Crippen LogP contribution >= 0.6 is 11.3 Å². The van der Waals surface area contributed by atoms with Gasteiger partial charge >= 0.3 is 11.8 Å². The summed E-state index contributed by atoms with van der Waals surface area (Å²) in [5.41, 5.74) is 0. The number of aromatic nitrogens is 1. The van der Waals surface area contributed by atoms with Gasteiger partial charge in [0.2, 0.25) is 5.96 Å². The molecule has 1 aliphatic rings. The molecule has 1 fully saturated rings. The molecule has 1 aromatic heterocycles. The van der Waals surface area contributed by atoms with Crippen molar-refractivity contribution in [3.05, 3.63) is 16.1 Å². The Morgan fingerprint density at radius 3 is 2.62 bits per heavy atom. The van der Waals surface area contributed by atoms with Crippen LogP contribution in [0.2, 0.25) is 0 Å². The molecular weight excluding hydrogens is 228 g/mol. The van der Waals surface area contributed by atoms with E-state index in [0.717, 1.165) is 11.4 Å². The van der Waals surface area contributed by atoms with Crippen molar-refractivity contribution >= 4 is 29.1 Å². The summed E-state index contributed by atoms with van der Waals surface area (Å²) >= 11 is 1.57. The minimum absolute atomic E-state index is 0.197. The Morgan fingerprint density at radius 2 is 2.06 bits per heavy atom. The normalized spacial score (nSPS) is 14.9. The molecule has 2 N–H and O–H groups in total. The van der Waals surface area contributed by atoms with Crippen molar-refractivity contribution < 1.29 is 9.59 Å². The van der Waals surface area contributed by atoms with E-state index in [1.807, 2.05) is 6.20 Å². The van der Waals surface area contributed by atoms with Crippen LogP contribution in [0.4, 0.5) is 0 Å². The molecule has 0 saturated carbocycles. The first-order valence-electron chi connectivity index (χ1n) is 4.79. The molecule has 0 radical (unpaired) electrons. The Balaban J connectivity index is 1.99. The lowest BCUT2D eigenvalue weighted by atomic mass is 10.4. The Morgan fingerprint density at radius 1 is 1.38 bits per heavy atom. The van der Waals surface area contributed by atoms with Gasteiger partial charge in [0.05, 0.1) is 6.54 Å². The second-order valence-electron chi connectivity index (χ2n) is 3.15. The van der Waals surface area contributed by atoms with Gasteiger partial charge in [-0.2, -0.15) is 0 Å². The summed E-state index contributed by atoms with van der Waals surface area (Å²) < 4.78 is 0. The van der Waals surface area contributed by atoms with Crippen molar-refractivity contribution in [1.29, 1.82) is 0 Å². The highest BCUT2D eigenvalue weighted by Crippen LogP contribution is 2.13. The number of guanidine groups is 1. The van der Waals surface area contributed by atoms with Crippen molar-refractivity contribution in [2.75, 3.05) is 0 Å². The Labute approximate surface area is 95.8 Å². The van der Waals surface area contributed by atoms with Crippen LogP contribution in [0.1, 0.15) is 16.8 Å². The molecule has 0 spiro atoms. The van der Waals surface area contributed by atoms with Crippen LogP contribution in [-0.4, -0.2) is 22.8 Å². The summed E-state index contributed by atoms with van der Waals surface area (Å²) in [5.74, 6) is -1.15. The second kappa shape index (κ2) is 4.40. The van der Waals surface area contributed by atoms with Gasteiger partial charge in [-0.05, 0) is 6.42 Å². The molecule has 1 aromatic rings. The van der Waals surface area contributed by atoms with E-state index in [9.17, 15) is 9.59 Å². The van der Waals surface area contributed by atoms with Crippen LogP contribution in [0.25, 0.3) is 0 Å². The fraction of sp³-hybridized carbons (Fsp3) is 0.333. The molecule has 1 aliphatic heterocycles. The third-order valence-electron chi connectivity index (χ3n) is 1.99. The lowest BCUT2D eigenvalue weighted by molar-refractivity contribution is -0.135. The van der Waals surface area contributed by atoms with E-state index in [1.165, 1.54) is 4.88 Å². The Hall–Kier alpha value is -1.76. The van der Waals surface area contributed by atoms with Crippen LogP contribution in [-0.2, 0) is 22.6 Å². The zero-order valence-corrected chi connectivity index (χ0v) is 9.43. The SMILES string of the molecule is CCc1cnc(CN=C2NC(=O)C(=O)N2)s1. The zero-order chi connectivity index (χ0) is 11.5. The molecule has 0 atom stereocenters. The van der Waals surface area contributed by atoms with Gasteiger partial charge in [-0.1, -0.05) is 6.92 Å².